The predicted molar refractivity (Wildman–Crippen MR) is 89.0 cm³/mol. The minimum atomic E-state index is -0.825. The second kappa shape index (κ2) is 7.01. The molecular formula is C18H25N3O2. The van der Waals surface area contributed by atoms with E-state index in [4.69, 9.17) is 4.74 Å². The zero-order valence-electron chi connectivity index (χ0n) is 14.3. The fourth-order valence-electron chi connectivity index (χ4n) is 2.69. The van der Waals surface area contributed by atoms with Crippen LogP contribution in [-0.4, -0.2) is 36.5 Å². The molecule has 0 aliphatic carbocycles. The Balaban J connectivity index is 1.99. The lowest BCUT2D eigenvalue weighted by atomic mass is 9.90. The first-order chi connectivity index (χ1) is 10.9. The van der Waals surface area contributed by atoms with Crippen LogP contribution >= 0.6 is 0 Å². The van der Waals surface area contributed by atoms with E-state index in [0.29, 0.717) is 6.54 Å². The summed E-state index contributed by atoms with van der Waals surface area (Å²) in [5.41, 5.74) is 1.69. The lowest BCUT2D eigenvalue weighted by molar-refractivity contribution is -0.124. The highest BCUT2D eigenvalue weighted by molar-refractivity contribution is 5.79. The maximum Gasteiger partial charge on any atom is 0.235 e. The van der Waals surface area contributed by atoms with Gasteiger partial charge in [0.2, 0.25) is 5.91 Å². The van der Waals surface area contributed by atoms with Gasteiger partial charge < -0.3 is 10.1 Å². The van der Waals surface area contributed by atoms with Crippen LogP contribution < -0.4 is 10.1 Å². The van der Waals surface area contributed by atoms with Gasteiger partial charge in [0.25, 0.3) is 0 Å². The van der Waals surface area contributed by atoms with Crippen molar-refractivity contribution in [2.75, 3.05) is 20.2 Å². The maximum atomic E-state index is 12.3. The lowest BCUT2D eigenvalue weighted by Crippen LogP contribution is -2.52. The van der Waals surface area contributed by atoms with Gasteiger partial charge in [-0.05, 0) is 42.5 Å². The molecule has 5 nitrogen and oxygen atoms in total. The highest BCUT2D eigenvalue weighted by Crippen LogP contribution is 2.23. The van der Waals surface area contributed by atoms with E-state index in [2.05, 4.69) is 22.4 Å². The first kappa shape index (κ1) is 17.3. The largest absolute Gasteiger partial charge is 0.497 e. The molecule has 1 atom stereocenters. The van der Waals surface area contributed by atoms with Crippen molar-refractivity contribution in [2.24, 2.45) is 5.92 Å². The second-order valence-electron chi connectivity index (χ2n) is 6.61. The molecule has 5 heteroatoms. The molecule has 1 amide bonds. The SMILES string of the molecule is COc1ccc2c(c1)CN(CC(=O)NC(C)(C#N)C(C)C)CC2. The van der Waals surface area contributed by atoms with Crippen molar-refractivity contribution in [2.45, 2.75) is 39.3 Å². The van der Waals surface area contributed by atoms with Gasteiger partial charge in [0, 0.05) is 13.1 Å². The van der Waals surface area contributed by atoms with Crippen LogP contribution in [0.5, 0.6) is 5.75 Å². The third-order valence-electron chi connectivity index (χ3n) is 4.66. The van der Waals surface area contributed by atoms with Crippen molar-refractivity contribution in [3.63, 3.8) is 0 Å². The molecule has 0 fully saturated rings. The topological polar surface area (TPSA) is 65.4 Å². The first-order valence-electron chi connectivity index (χ1n) is 7.98. The Morgan fingerprint density at radius 3 is 2.83 bits per heavy atom. The van der Waals surface area contributed by atoms with Crippen LogP contribution in [0, 0.1) is 17.2 Å². The summed E-state index contributed by atoms with van der Waals surface area (Å²) in [6, 6.07) is 8.31. The molecule has 1 N–H and O–H groups in total. The average Bonchev–Trinajstić information content (AvgIpc) is 2.53. The molecule has 0 aromatic heterocycles. The monoisotopic (exact) mass is 315 g/mol. The highest BCUT2D eigenvalue weighted by Gasteiger charge is 2.30. The van der Waals surface area contributed by atoms with Crippen molar-refractivity contribution < 1.29 is 9.53 Å². The molecule has 1 unspecified atom stereocenters. The number of nitrogens with zero attached hydrogens (tertiary/aromatic N) is 2. The molecule has 1 aliphatic heterocycles. The van der Waals surface area contributed by atoms with Crippen molar-refractivity contribution in [1.82, 2.24) is 10.2 Å². The van der Waals surface area contributed by atoms with Crippen molar-refractivity contribution >= 4 is 5.91 Å². The number of ether oxygens (including phenoxy) is 1. The number of carbonyl (C=O) groups is 1. The summed E-state index contributed by atoms with van der Waals surface area (Å²) in [5.74, 6) is 0.795. The van der Waals surface area contributed by atoms with Crippen molar-refractivity contribution in [3.8, 4) is 11.8 Å². The maximum absolute atomic E-state index is 12.3. The third-order valence-corrected chi connectivity index (χ3v) is 4.66. The number of amides is 1. The molecule has 0 spiro atoms. The molecule has 1 aliphatic rings. The van der Waals surface area contributed by atoms with E-state index < -0.39 is 5.54 Å². The predicted octanol–water partition coefficient (Wildman–Crippen LogP) is 2.11. The van der Waals surface area contributed by atoms with Gasteiger partial charge >= 0.3 is 0 Å². The highest BCUT2D eigenvalue weighted by atomic mass is 16.5. The summed E-state index contributed by atoms with van der Waals surface area (Å²) in [5, 5.41) is 12.2. The summed E-state index contributed by atoms with van der Waals surface area (Å²) in [7, 11) is 1.66. The van der Waals surface area contributed by atoms with E-state index in [9.17, 15) is 10.1 Å². The zero-order valence-corrected chi connectivity index (χ0v) is 14.3. The number of hydrogen-bond acceptors (Lipinski definition) is 4. The molecule has 0 saturated carbocycles. The number of hydrogen-bond donors (Lipinski definition) is 1. The van der Waals surface area contributed by atoms with Gasteiger partial charge in [0.15, 0.2) is 0 Å². The molecule has 0 bridgehead atoms. The van der Waals surface area contributed by atoms with Crippen LogP contribution in [0.2, 0.25) is 0 Å². The van der Waals surface area contributed by atoms with Crippen LogP contribution in [0.15, 0.2) is 18.2 Å². The number of fused-ring (bicyclic) bond motifs is 1. The summed E-state index contributed by atoms with van der Waals surface area (Å²) in [6.07, 6.45) is 0.923. The van der Waals surface area contributed by atoms with Gasteiger partial charge in [-0.1, -0.05) is 19.9 Å². The average molecular weight is 315 g/mol. The van der Waals surface area contributed by atoms with Gasteiger partial charge in [-0.25, -0.2) is 0 Å². The van der Waals surface area contributed by atoms with Crippen molar-refractivity contribution in [3.05, 3.63) is 29.3 Å². The fourth-order valence-corrected chi connectivity index (χ4v) is 2.69. The van der Waals surface area contributed by atoms with Gasteiger partial charge in [-0.2, -0.15) is 5.26 Å². The molecule has 0 radical (unpaired) electrons. The van der Waals surface area contributed by atoms with Gasteiger partial charge in [0.1, 0.15) is 11.3 Å². The summed E-state index contributed by atoms with van der Waals surface area (Å²) in [6.45, 7) is 7.52. The van der Waals surface area contributed by atoms with Crippen LogP contribution in [0.1, 0.15) is 31.9 Å². The molecule has 23 heavy (non-hydrogen) atoms. The normalized spacial score (nSPS) is 17.0. The second-order valence-corrected chi connectivity index (χ2v) is 6.61. The number of nitriles is 1. The lowest BCUT2D eigenvalue weighted by Gasteiger charge is -2.31. The van der Waals surface area contributed by atoms with E-state index in [0.717, 1.165) is 25.3 Å². The molecule has 1 aromatic carbocycles. The van der Waals surface area contributed by atoms with E-state index >= 15 is 0 Å². The Labute approximate surface area is 138 Å². The number of carbonyl (C=O) groups excluding carboxylic acids is 1. The van der Waals surface area contributed by atoms with Gasteiger partial charge in [-0.15, -0.1) is 0 Å². The smallest absolute Gasteiger partial charge is 0.235 e. The van der Waals surface area contributed by atoms with Crippen molar-refractivity contribution in [1.29, 1.82) is 5.26 Å². The Hall–Kier alpha value is -2.06. The molecular weight excluding hydrogens is 290 g/mol. The minimum Gasteiger partial charge on any atom is -0.497 e. The third kappa shape index (κ3) is 4.02. The van der Waals surface area contributed by atoms with Crippen LogP contribution in [0.25, 0.3) is 0 Å². The van der Waals surface area contributed by atoms with Crippen LogP contribution in [0.3, 0.4) is 0 Å². The quantitative estimate of drug-likeness (QED) is 0.904. The number of nitrogens with one attached hydrogen (secondary N) is 1. The van der Waals surface area contributed by atoms with E-state index in [1.807, 2.05) is 26.0 Å². The Bertz CT molecular complexity index is 621. The Kier molecular flexibility index (Phi) is 5.27. The van der Waals surface area contributed by atoms with Crippen LogP contribution in [-0.2, 0) is 17.8 Å². The fraction of sp³-hybridized carbons (Fsp3) is 0.556. The van der Waals surface area contributed by atoms with E-state index in [1.54, 1.807) is 14.0 Å². The zero-order chi connectivity index (χ0) is 17.0. The standard InChI is InChI=1S/C18H25N3O2/c1-13(2)18(3,12-19)20-17(22)11-21-8-7-14-5-6-16(23-4)9-15(14)10-21/h5-6,9,13H,7-8,10-11H2,1-4H3,(H,20,22). The first-order valence-corrected chi connectivity index (χ1v) is 7.98. The molecule has 1 heterocycles. The summed E-state index contributed by atoms with van der Waals surface area (Å²) < 4.78 is 5.27. The number of methoxy groups -OCH3 is 1. The molecule has 1 aromatic rings. The van der Waals surface area contributed by atoms with Gasteiger partial charge in [0.05, 0.1) is 19.7 Å². The Morgan fingerprint density at radius 2 is 2.22 bits per heavy atom. The Morgan fingerprint density at radius 1 is 1.48 bits per heavy atom. The van der Waals surface area contributed by atoms with E-state index in [1.165, 1.54) is 11.1 Å². The molecule has 0 saturated heterocycles. The minimum absolute atomic E-state index is 0.0581. The van der Waals surface area contributed by atoms with Crippen LogP contribution in [0.4, 0.5) is 0 Å². The molecule has 124 valence electrons. The summed E-state index contributed by atoms with van der Waals surface area (Å²) in [4.78, 5) is 14.4. The van der Waals surface area contributed by atoms with E-state index in [-0.39, 0.29) is 11.8 Å². The number of rotatable bonds is 5. The summed E-state index contributed by atoms with van der Waals surface area (Å²) >= 11 is 0. The van der Waals surface area contributed by atoms with Gasteiger partial charge in [-0.3, -0.25) is 9.69 Å². The number of benzene rings is 1. The molecule has 2 rings (SSSR count).